The highest BCUT2D eigenvalue weighted by Crippen LogP contribution is 2.33. The smallest absolute Gasteiger partial charge is 0.256 e. The lowest BCUT2D eigenvalue weighted by atomic mass is 10.2. The lowest BCUT2D eigenvalue weighted by molar-refractivity contribution is 0.102. The van der Waals surface area contributed by atoms with Gasteiger partial charge in [-0.25, -0.2) is 0 Å². The Morgan fingerprint density at radius 2 is 1.68 bits per heavy atom. The summed E-state index contributed by atoms with van der Waals surface area (Å²) in [5.41, 5.74) is 1.04. The summed E-state index contributed by atoms with van der Waals surface area (Å²) in [4.78, 5) is 13.4. The van der Waals surface area contributed by atoms with Gasteiger partial charge in [0.05, 0.1) is 26.3 Å². The van der Waals surface area contributed by atoms with Gasteiger partial charge in [0.2, 0.25) is 0 Å². The molecule has 2 aromatic carbocycles. The molecule has 1 N–H and O–H groups in total. The van der Waals surface area contributed by atoms with Gasteiger partial charge in [0.25, 0.3) is 5.91 Å². The van der Waals surface area contributed by atoms with Crippen LogP contribution in [-0.2, 0) is 0 Å². The van der Waals surface area contributed by atoms with Gasteiger partial charge in [0.15, 0.2) is 0 Å². The molecule has 0 saturated carbocycles. The van der Waals surface area contributed by atoms with Gasteiger partial charge in [-0.2, -0.15) is 0 Å². The van der Waals surface area contributed by atoms with E-state index in [9.17, 15) is 4.79 Å². The summed E-state index contributed by atoms with van der Waals surface area (Å²) in [5, 5.41) is 4.19. The van der Waals surface area contributed by atoms with Crippen molar-refractivity contribution in [1.29, 1.82) is 0 Å². The van der Waals surface area contributed by atoms with Crippen molar-refractivity contribution in [2.75, 3.05) is 5.32 Å². The van der Waals surface area contributed by atoms with Crippen molar-refractivity contribution in [3.05, 3.63) is 57.0 Å². The molecular formula is C16H14Cl3NOS. The quantitative estimate of drug-likeness (QED) is 0.495. The van der Waals surface area contributed by atoms with Crippen LogP contribution in [0.15, 0.2) is 41.3 Å². The molecule has 0 radical (unpaired) electrons. The highest BCUT2D eigenvalue weighted by molar-refractivity contribution is 8.00. The van der Waals surface area contributed by atoms with E-state index in [1.807, 2.05) is 18.2 Å². The number of hydrogen-bond donors (Lipinski definition) is 1. The van der Waals surface area contributed by atoms with Crippen LogP contribution in [0, 0.1) is 0 Å². The van der Waals surface area contributed by atoms with Crippen LogP contribution >= 0.6 is 46.6 Å². The Kier molecular flexibility index (Phi) is 6.04. The molecule has 0 aliphatic carbocycles. The highest BCUT2D eigenvalue weighted by Gasteiger charge is 2.15. The van der Waals surface area contributed by atoms with Crippen LogP contribution in [0.2, 0.25) is 15.1 Å². The maximum absolute atomic E-state index is 12.5. The third-order valence-corrected chi connectivity index (χ3v) is 4.87. The predicted octanol–water partition coefficient (Wildman–Crippen LogP) is 6.40. The summed E-state index contributed by atoms with van der Waals surface area (Å²) < 4.78 is 0. The van der Waals surface area contributed by atoms with Crippen LogP contribution in [0.3, 0.4) is 0 Å². The van der Waals surface area contributed by atoms with E-state index in [0.717, 1.165) is 4.90 Å². The van der Waals surface area contributed by atoms with Crippen LogP contribution in [0.4, 0.5) is 5.69 Å². The Bertz CT molecular complexity index is 704. The average Bonchev–Trinajstić information content (AvgIpc) is 2.44. The third-order valence-electron chi connectivity index (χ3n) is 2.75. The van der Waals surface area contributed by atoms with Crippen molar-refractivity contribution in [2.24, 2.45) is 0 Å². The molecule has 0 saturated heterocycles. The van der Waals surface area contributed by atoms with Crippen molar-refractivity contribution in [3.63, 3.8) is 0 Å². The first-order valence-electron chi connectivity index (χ1n) is 6.60. The van der Waals surface area contributed by atoms with Gasteiger partial charge in [-0.3, -0.25) is 4.79 Å². The number of anilines is 1. The minimum Gasteiger partial charge on any atom is -0.321 e. The number of hydrogen-bond acceptors (Lipinski definition) is 2. The number of carbonyl (C=O) groups is 1. The number of amides is 1. The second-order valence-corrected chi connectivity index (χ2v) is 7.70. The number of rotatable bonds is 4. The van der Waals surface area contributed by atoms with Gasteiger partial charge in [-0.05, 0) is 24.3 Å². The summed E-state index contributed by atoms with van der Waals surface area (Å²) in [7, 11) is 0. The lowest BCUT2D eigenvalue weighted by Gasteiger charge is -2.12. The molecule has 6 heteroatoms. The maximum Gasteiger partial charge on any atom is 0.256 e. The van der Waals surface area contributed by atoms with Crippen LogP contribution in [-0.4, -0.2) is 11.2 Å². The fraction of sp³-hybridized carbons (Fsp3) is 0.188. The number of benzene rings is 2. The largest absolute Gasteiger partial charge is 0.321 e. The molecule has 0 aliphatic rings. The first-order chi connectivity index (χ1) is 10.4. The number of halogens is 3. The fourth-order valence-electron chi connectivity index (χ4n) is 1.82. The first-order valence-corrected chi connectivity index (χ1v) is 8.61. The van der Waals surface area contributed by atoms with Crippen LogP contribution in [0.1, 0.15) is 24.2 Å². The van der Waals surface area contributed by atoms with E-state index in [1.54, 1.807) is 23.9 Å². The molecule has 0 spiro atoms. The second-order valence-electron chi connectivity index (χ2n) is 4.86. The number of thioether (sulfide) groups is 1. The summed E-state index contributed by atoms with van der Waals surface area (Å²) >= 11 is 19.6. The number of carbonyl (C=O) groups excluding carboxylic acids is 1. The summed E-state index contributed by atoms with van der Waals surface area (Å²) in [6.07, 6.45) is 0. The van der Waals surface area contributed by atoms with Crippen molar-refractivity contribution >= 4 is 58.2 Å². The monoisotopic (exact) mass is 373 g/mol. The van der Waals surface area contributed by atoms with Crippen LogP contribution in [0.25, 0.3) is 0 Å². The molecule has 22 heavy (non-hydrogen) atoms. The zero-order chi connectivity index (χ0) is 16.3. The number of nitrogens with one attached hydrogen (secondary N) is 1. The van der Waals surface area contributed by atoms with E-state index in [1.165, 1.54) is 6.07 Å². The second kappa shape index (κ2) is 7.60. The Morgan fingerprint density at radius 1 is 1.05 bits per heavy atom. The molecule has 0 unspecified atom stereocenters. The van der Waals surface area contributed by atoms with E-state index >= 15 is 0 Å². The zero-order valence-electron chi connectivity index (χ0n) is 12.0. The predicted molar refractivity (Wildman–Crippen MR) is 96.9 cm³/mol. The zero-order valence-corrected chi connectivity index (χ0v) is 15.1. The summed E-state index contributed by atoms with van der Waals surface area (Å²) in [6.45, 7) is 4.16. The molecule has 116 valence electrons. The van der Waals surface area contributed by atoms with E-state index in [2.05, 4.69) is 19.2 Å². The van der Waals surface area contributed by atoms with Crippen LogP contribution in [0.5, 0.6) is 0 Å². The molecule has 0 atom stereocenters. The molecule has 0 bridgehead atoms. The molecular weight excluding hydrogens is 361 g/mol. The standard InChI is InChI=1S/C16H14Cl3NOS/c1-9(2)22-15-6-4-3-5-10(15)16(21)20-14-8-12(18)11(17)7-13(14)19/h3-9H,1-2H3,(H,20,21). The van der Waals surface area contributed by atoms with Gasteiger partial charge in [0.1, 0.15) is 0 Å². The van der Waals surface area contributed by atoms with Gasteiger partial charge in [-0.15, -0.1) is 11.8 Å². The first kappa shape index (κ1) is 17.5. The molecule has 2 rings (SSSR count). The maximum atomic E-state index is 12.5. The van der Waals surface area contributed by atoms with Gasteiger partial charge in [-0.1, -0.05) is 60.8 Å². The Balaban J connectivity index is 2.28. The Labute approximate surface area is 149 Å². The van der Waals surface area contributed by atoms with Gasteiger partial charge in [0, 0.05) is 10.1 Å². The minimum atomic E-state index is -0.232. The van der Waals surface area contributed by atoms with E-state index < -0.39 is 0 Å². The summed E-state index contributed by atoms with van der Waals surface area (Å²) in [5.74, 6) is -0.232. The molecule has 2 nitrogen and oxygen atoms in total. The molecule has 1 amide bonds. The molecule has 2 aromatic rings. The SMILES string of the molecule is CC(C)Sc1ccccc1C(=O)Nc1cc(Cl)c(Cl)cc1Cl. The van der Waals surface area contributed by atoms with Gasteiger partial charge >= 0.3 is 0 Å². The molecule has 0 heterocycles. The minimum absolute atomic E-state index is 0.232. The molecule has 0 aromatic heterocycles. The third kappa shape index (κ3) is 4.32. The topological polar surface area (TPSA) is 29.1 Å². The Hall–Kier alpha value is -0.870. The fourth-order valence-corrected chi connectivity index (χ4v) is 3.37. The molecule has 0 fully saturated rings. The van der Waals surface area contributed by atoms with E-state index in [0.29, 0.717) is 31.6 Å². The van der Waals surface area contributed by atoms with Gasteiger partial charge < -0.3 is 5.32 Å². The molecule has 0 aliphatic heterocycles. The highest BCUT2D eigenvalue weighted by atomic mass is 35.5. The van der Waals surface area contributed by atoms with Crippen molar-refractivity contribution in [1.82, 2.24) is 0 Å². The average molecular weight is 375 g/mol. The van der Waals surface area contributed by atoms with E-state index in [-0.39, 0.29) is 5.91 Å². The lowest BCUT2D eigenvalue weighted by Crippen LogP contribution is -2.13. The van der Waals surface area contributed by atoms with Crippen molar-refractivity contribution < 1.29 is 4.79 Å². The van der Waals surface area contributed by atoms with Crippen LogP contribution < -0.4 is 5.32 Å². The van der Waals surface area contributed by atoms with E-state index in [4.69, 9.17) is 34.8 Å². The normalized spacial score (nSPS) is 10.8. The summed E-state index contributed by atoms with van der Waals surface area (Å²) in [6, 6.07) is 10.5. The van der Waals surface area contributed by atoms with Crippen molar-refractivity contribution in [3.8, 4) is 0 Å². The Morgan fingerprint density at radius 3 is 2.36 bits per heavy atom. The van der Waals surface area contributed by atoms with Crippen molar-refractivity contribution in [2.45, 2.75) is 24.0 Å².